The second-order valence-electron chi connectivity index (χ2n) is 7.46. The summed E-state index contributed by atoms with van der Waals surface area (Å²) in [6.45, 7) is 0.839. The van der Waals surface area contributed by atoms with Gasteiger partial charge in [0.2, 0.25) is 5.95 Å². The van der Waals surface area contributed by atoms with Gasteiger partial charge in [-0.05, 0) is 6.07 Å². The highest BCUT2D eigenvalue weighted by molar-refractivity contribution is 7.99. The number of hydrogen-bond donors (Lipinski definition) is 0. The molecule has 4 rings (SSSR count). The maximum atomic E-state index is 13.3. The van der Waals surface area contributed by atoms with Gasteiger partial charge in [0.1, 0.15) is 6.54 Å². The lowest BCUT2D eigenvalue weighted by molar-refractivity contribution is -0.141. The molecule has 1 aliphatic heterocycles. The van der Waals surface area contributed by atoms with Crippen LogP contribution in [-0.4, -0.2) is 63.3 Å². The molecule has 0 aliphatic carbocycles. The number of Topliss-reactive ketones (excluding diaryl/α,β-unsaturated/α-hetero) is 1. The molecule has 3 aromatic rings. The van der Waals surface area contributed by atoms with Crippen LogP contribution in [0.4, 0.5) is 19.1 Å². The van der Waals surface area contributed by atoms with Crippen LogP contribution in [-0.2, 0) is 17.8 Å². The minimum Gasteiger partial charge on any atom is -0.378 e. The van der Waals surface area contributed by atoms with E-state index in [0.29, 0.717) is 44.8 Å². The number of carbonyl (C=O) groups excluding carboxylic acids is 1. The van der Waals surface area contributed by atoms with Gasteiger partial charge in [0.05, 0.1) is 31.5 Å². The Balaban J connectivity index is 1.56. The lowest BCUT2D eigenvalue weighted by atomic mass is 10.1. The fraction of sp³-hybridized carbons (Fsp3) is 0.429. The van der Waals surface area contributed by atoms with Crippen LogP contribution in [0.15, 0.2) is 35.6 Å². The molecule has 1 saturated heterocycles. The molecule has 3 heterocycles. The second kappa shape index (κ2) is 9.84. The molecule has 1 aliphatic rings. The first-order valence-electron chi connectivity index (χ1n) is 10.3. The number of ether oxygens (including phenoxy) is 1. The summed E-state index contributed by atoms with van der Waals surface area (Å²) in [5.74, 6) is -0.203. The molecular weight excluding hydrogens is 457 g/mol. The molecule has 0 atom stereocenters. The summed E-state index contributed by atoms with van der Waals surface area (Å²) in [5.41, 5.74) is 1.29. The van der Waals surface area contributed by atoms with Crippen LogP contribution in [0, 0.1) is 11.3 Å². The van der Waals surface area contributed by atoms with E-state index in [2.05, 4.69) is 16.3 Å². The van der Waals surface area contributed by atoms with Crippen molar-refractivity contribution in [2.45, 2.75) is 30.8 Å². The van der Waals surface area contributed by atoms with Crippen molar-refractivity contribution in [3.05, 3.63) is 36.0 Å². The fourth-order valence-electron chi connectivity index (χ4n) is 3.73. The van der Waals surface area contributed by atoms with E-state index in [9.17, 15) is 18.0 Å². The average Bonchev–Trinajstić information content (AvgIpc) is 3.37. The van der Waals surface area contributed by atoms with Gasteiger partial charge in [-0.2, -0.15) is 18.4 Å². The molecule has 0 N–H and O–H groups in total. The predicted octanol–water partition coefficient (Wildman–Crippen LogP) is 3.52. The molecule has 0 radical (unpaired) electrons. The maximum Gasteiger partial charge on any atom is 0.406 e. The number of aryl methyl sites for hydroxylation is 1. The third-order valence-corrected chi connectivity index (χ3v) is 6.18. The largest absolute Gasteiger partial charge is 0.406 e. The number of alkyl halides is 3. The number of morpholine rings is 1. The van der Waals surface area contributed by atoms with E-state index < -0.39 is 12.7 Å². The molecule has 0 saturated carbocycles. The Bertz CT molecular complexity index is 1180. The zero-order valence-electron chi connectivity index (χ0n) is 17.6. The van der Waals surface area contributed by atoms with Crippen molar-refractivity contribution in [3.63, 3.8) is 0 Å². The van der Waals surface area contributed by atoms with Crippen molar-refractivity contribution in [2.24, 2.45) is 0 Å². The SMILES string of the molecule is N#CCCn1cc(C(=O)CSc2nnc(N3CCOCC3)n2CC(F)(F)F)c2ccccc21. The van der Waals surface area contributed by atoms with Crippen LogP contribution in [0.1, 0.15) is 16.8 Å². The van der Waals surface area contributed by atoms with Crippen LogP contribution in [0.5, 0.6) is 0 Å². The molecule has 1 aromatic carbocycles. The molecule has 0 bridgehead atoms. The van der Waals surface area contributed by atoms with E-state index in [0.717, 1.165) is 27.2 Å². The first-order valence-corrected chi connectivity index (χ1v) is 11.3. The quantitative estimate of drug-likeness (QED) is 0.362. The van der Waals surface area contributed by atoms with Gasteiger partial charge in [0.25, 0.3) is 0 Å². The van der Waals surface area contributed by atoms with Gasteiger partial charge in [-0.1, -0.05) is 30.0 Å². The lowest BCUT2D eigenvalue weighted by Crippen LogP contribution is -2.38. The van der Waals surface area contributed by atoms with Crippen molar-refractivity contribution >= 4 is 34.4 Å². The minimum absolute atomic E-state index is 0.0374. The van der Waals surface area contributed by atoms with Crippen LogP contribution >= 0.6 is 11.8 Å². The van der Waals surface area contributed by atoms with Crippen molar-refractivity contribution in [2.75, 3.05) is 37.0 Å². The third-order valence-electron chi connectivity index (χ3n) is 5.21. The van der Waals surface area contributed by atoms with Gasteiger partial charge in [0, 0.05) is 42.3 Å². The summed E-state index contributed by atoms with van der Waals surface area (Å²) in [6, 6.07) is 9.44. The Morgan fingerprint density at radius 3 is 2.70 bits per heavy atom. The molecule has 0 spiro atoms. The number of nitrogens with zero attached hydrogens (tertiary/aromatic N) is 6. The summed E-state index contributed by atoms with van der Waals surface area (Å²) >= 11 is 0.931. The third kappa shape index (κ3) is 5.31. The molecular formula is C21H21F3N6O2S. The van der Waals surface area contributed by atoms with Gasteiger partial charge in [-0.25, -0.2) is 0 Å². The number of halogens is 3. The number of ketones is 1. The summed E-state index contributed by atoms with van der Waals surface area (Å²) in [6.07, 6.45) is -2.46. The summed E-state index contributed by atoms with van der Waals surface area (Å²) in [5, 5.41) is 17.6. The topological polar surface area (TPSA) is 89.0 Å². The smallest absolute Gasteiger partial charge is 0.378 e. The van der Waals surface area contributed by atoms with E-state index in [1.165, 1.54) is 0 Å². The van der Waals surface area contributed by atoms with E-state index in [-0.39, 0.29) is 22.6 Å². The number of thioether (sulfide) groups is 1. The molecule has 0 unspecified atom stereocenters. The number of carbonyl (C=O) groups is 1. The van der Waals surface area contributed by atoms with E-state index in [1.807, 2.05) is 28.8 Å². The Hall–Kier alpha value is -3.04. The van der Waals surface area contributed by atoms with Crippen molar-refractivity contribution < 1.29 is 22.7 Å². The number of nitriles is 1. The van der Waals surface area contributed by atoms with Crippen LogP contribution in [0.2, 0.25) is 0 Å². The van der Waals surface area contributed by atoms with Gasteiger partial charge in [-0.3, -0.25) is 9.36 Å². The Kier molecular flexibility index (Phi) is 6.90. The highest BCUT2D eigenvalue weighted by Gasteiger charge is 2.33. The van der Waals surface area contributed by atoms with Crippen molar-refractivity contribution in [1.29, 1.82) is 5.26 Å². The number of hydrogen-bond acceptors (Lipinski definition) is 7. The highest BCUT2D eigenvalue weighted by Crippen LogP contribution is 2.29. The van der Waals surface area contributed by atoms with Gasteiger partial charge < -0.3 is 14.2 Å². The Morgan fingerprint density at radius 1 is 1.21 bits per heavy atom. The molecule has 2 aromatic heterocycles. The molecule has 0 amide bonds. The van der Waals surface area contributed by atoms with E-state index in [4.69, 9.17) is 10.00 Å². The standard InChI is InChI=1S/C21H21F3N6O2S/c22-21(23,24)14-30-19(28-8-10-32-11-9-28)26-27-20(30)33-13-18(31)16-12-29(7-3-6-25)17-5-2-1-4-15(16)17/h1-2,4-5,12H,3,7-11,13-14H2. The zero-order valence-corrected chi connectivity index (χ0v) is 18.4. The average molecular weight is 479 g/mol. The fourth-order valence-corrected chi connectivity index (χ4v) is 4.55. The number of aromatic nitrogens is 4. The van der Waals surface area contributed by atoms with E-state index in [1.54, 1.807) is 11.1 Å². The molecule has 174 valence electrons. The van der Waals surface area contributed by atoms with Crippen LogP contribution in [0.3, 0.4) is 0 Å². The van der Waals surface area contributed by atoms with Gasteiger partial charge in [-0.15, -0.1) is 10.2 Å². The number of fused-ring (bicyclic) bond motifs is 1. The van der Waals surface area contributed by atoms with Gasteiger partial charge in [0.15, 0.2) is 10.9 Å². The predicted molar refractivity (Wildman–Crippen MR) is 116 cm³/mol. The lowest BCUT2D eigenvalue weighted by Gasteiger charge is -2.28. The molecule has 1 fully saturated rings. The Labute approximate surface area is 191 Å². The van der Waals surface area contributed by atoms with Crippen molar-refractivity contribution in [1.82, 2.24) is 19.3 Å². The minimum atomic E-state index is -4.46. The molecule has 33 heavy (non-hydrogen) atoms. The monoisotopic (exact) mass is 478 g/mol. The summed E-state index contributed by atoms with van der Waals surface area (Å²) < 4.78 is 47.9. The maximum absolute atomic E-state index is 13.3. The summed E-state index contributed by atoms with van der Waals surface area (Å²) in [4.78, 5) is 14.7. The van der Waals surface area contributed by atoms with Crippen molar-refractivity contribution in [3.8, 4) is 6.07 Å². The highest BCUT2D eigenvalue weighted by atomic mass is 32.2. The first kappa shape index (κ1) is 23.1. The molecule has 8 nitrogen and oxygen atoms in total. The number of para-hydroxylation sites is 1. The normalized spacial score (nSPS) is 14.5. The van der Waals surface area contributed by atoms with Crippen LogP contribution in [0.25, 0.3) is 10.9 Å². The number of anilines is 1. The molecule has 12 heteroatoms. The zero-order chi connectivity index (χ0) is 23.4. The van der Waals surface area contributed by atoms with Crippen LogP contribution < -0.4 is 4.90 Å². The Morgan fingerprint density at radius 2 is 1.97 bits per heavy atom. The summed E-state index contributed by atoms with van der Waals surface area (Å²) in [7, 11) is 0. The first-order chi connectivity index (χ1) is 15.9. The number of benzene rings is 1. The van der Waals surface area contributed by atoms with Gasteiger partial charge >= 0.3 is 6.18 Å². The second-order valence-corrected chi connectivity index (χ2v) is 8.40. The van der Waals surface area contributed by atoms with E-state index >= 15 is 0 Å². The number of rotatable bonds is 8.